The normalized spacial score (nSPS) is 10.7. The smallest absolute Gasteiger partial charge is 0.254 e. The number of pyridine rings is 1. The van der Waals surface area contributed by atoms with Crippen LogP contribution < -0.4 is 0 Å². The van der Waals surface area contributed by atoms with Crippen LogP contribution in [0.15, 0.2) is 40.9 Å². The summed E-state index contributed by atoms with van der Waals surface area (Å²) in [4.78, 5) is 22.8. The summed E-state index contributed by atoms with van der Waals surface area (Å²) in [6.07, 6.45) is 0. The highest BCUT2D eigenvalue weighted by Crippen LogP contribution is 2.22. The lowest BCUT2D eigenvalue weighted by molar-refractivity contribution is 0.0780. The molecule has 3 rings (SSSR count). The molecule has 3 aromatic rings. The van der Waals surface area contributed by atoms with Gasteiger partial charge >= 0.3 is 0 Å². The van der Waals surface area contributed by atoms with Crippen molar-refractivity contribution in [3.05, 3.63) is 65.1 Å². The van der Waals surface area contributed by atoms with Gasteiger partial charge in [0.1, 0.15) is 0 Å². The molecule has 0 aliphatic carbocycles. The molecule has 0 saturated heterocycles. The van der Waals surface area contributed by atoms with E-state index in [9.17, 15) is 4.79 Å². The Morgan fingerprint density at radius 1 is 1.04 bits per heavy atom. The summed E-state index contributed by atoms with van der Waals surface area (Å²) in [7, 11) is 1.72. The molecule has 0 aliphatic rings. The Morgan fingerprint density at radius 2 is 1.76 bits per heavy atom. The minimum atomic E-state index is -0.0909. The maximum absolute atomic E-state index is 12.7. The Bertz CT molecular complexity index is 897. The second kappa shape index (κ2) is 6.84. The van der Waals surface area contributed by atoms with Crippen LogP contribution in [-0.4, -0.2) is 33.0 Å². The van der Waals surface area contributed by atoms with E-state index in [4.69, 9.17) is 4.52 Å². The molecular formula is C19H20N4O2. The van der Waals surface area contributed by atoms with Crippen LogP contribution >= 0.6 is 0 Å². The maximum atomic E-state index is 12.7. The van der Waals surface area contributed by atoms with E-state index in [-0.39, 0.29) is 5.91 Å². The van der Waals surface area contributed by atoms with Crippen molar-refractivity contribution in [1.82, 2.24) is 20.0 Å². The molecule has 0 fully saturated rings. The third-order valence-corrected chi connectivity index (χ3v) is 3.82. The lowest BCUT2D eigenvalue weighted by atomic mass is 10.0. The fourth-order valence-electron chi connectivity index (χ4n) is 2.74. The highest BCUT2D eigenvalue weighted by molar-refractivity contribution is 5.95. The van der Waals surface area contributed by atoms with Crippen molar-refractivity contribution in [2.24, 2.45) is 0 Å². The van der Waals surface area contributed by atoms with Crippen LogP contribution in [-0.2, 0) is 6.54 Å². The lowest BCUT2D eigenvalue weighted by Crippen LogP contribution is -2.26. The summed E-state index contributed by atoms with van der Waals surface area (Å²) in [5.41, 5.74) is 4.57. The third-order valence-electron chi connectivity index (χ3n) is 3.82. The number of aromatic nitrogens is 3. The predicted molar refractivity (Wildman–Crippen MR) is 94.0 cm³/mol. The van der Waals surface area contributed by atoms with E-state index in [1.54, 1.807) is 18.9 Å². The average Bonchev–Trinajstić information content (AvgIpc) is 2.98. The summed E-state index contributed by atoms with van der Waals surface area (Å²) >= 11 is 0. The Labute approximate surface area is 146 Å². The number of benzene rings is 1. The molecule has 2 heterocycles. The van der Waals surface area contributed by atoms with Gasteiger partial charge in [0.05, 0.1) is 6.54 Å². The minimum Gasteiger partial charge on any atom is -0.340 e. The highest BCUT2D eigenvalue weighted by atomic mass is 16.5. The number of amides is 1. The number of nitrogens with zero attached hydrogens (tertiary/aromatic N) is 4. The van der Waals surface area contributed by atoms with Gasteiger partial charge in [0.25, 0.3) is 5.91 Å². The monoisotopic (exact) mass is 336 g/mol. The Kier molecular flexibility index (Phi) is 4.61. The van der Waals surface area contributed by atoms with Crippen LogP contribution in [0.5, 0.6) is 0 Å². The molecule has 0 aliphatic heterocycles. The first kappa shape index (κ1) is 16.8. The molecule has 2 aromatic heterocycles. The maximum Gasteiger partial charge on any atom is 0.254 e. The molecule has 0 radical (unpaired) electrons. The van der Waals surface area contributed by atoms with Gasteiger partial charge in [0.15, 0.2) is 5.82 Å². The van der Waals surface area contributed by atoms with Gasteiger partial charge in [0.2, 0.25) is 5.89 Å². The molecular weight excluding hydrogens is 316 g/mol. The van der Waals surface area contributed by atoms with Crippen LogP contribution in [0.25, 0.3) is 11.1 Å². The minimum absolute atomic E-state index is 0.0909. The zero-order chi connectivity index (χ0) is 18.0. The van der Waals surface area contributed by atoms with Crippen molar-refractivity contribution < 1.29 is 9.32 Å². The lowest BCUT2D eigenvalue weighted by Gasteiger charge is -2.15. The average molecular weight is 336 g/mol. The van der Waals surface area contributed by atoms with Gasteiger partial charge in [-0.05, 0) is 49.2 Å². The predicted octanol–water partition coefficient (Wildman–Crippen LogP) is 3.33. The van der Waals surface area contributed by atoms with Crippen LogP contribution in [0, 0.1) is 20.8 Å². The van der Waals surface area contributed by atoms with Crippen molar-refractivity contribution >= 4 is 5.91 Å². The number of carbonyl (C=O) groups excluding carboxylic acids is 1. The van der Waals surface area contributed by atoms with E-state index >= 15 is 0 Å². The van der Waals surface area contributed by atoms with Crippen LogP contribution in [0.3, 0.4) is 0 Å². The van der Waals surface area contributed by atoms with Crippen LogP contribution in [0.2, 0.25) is 0 Å². The molecule has 128 valence electrons. The molecule has 1 amide bonds. The molecule has 0 atom stereocenters. The molecule has 0 N–H and O–H groups in total. The van der Waals surface area contributed by atoms with Gasteiger partial charge < -0.3 is 9.42 Å². The zero-order valence-corrected chi connectivity index (χ0v) is 14.8. The topological polar surface area (TPSA) is 72.1 Å². The van der Waals surface area contributed by atoms with Gasteiger partial charge in [-0.25, -0.2) is 0 Å². The second-order valence-electron chi connectivity index (χ2n) is 6.11. The summed E-state index contributed by atoms with van der Waals surface area (Å²) < 4.78 is 4.95. The van der Waals surface area contributed by atoms with Gasteiger partial charge in [-0.15, -0.1) is 0 Å². The van der Waals surface area contributed by atoms with E-state index in [0.29, 0.717) is 23.8 Å². The Balaban J connectivity index is 1.83. The van der Waals surface area contributed by atoms with E-state index in [1.165, 1.54) is 0 Å². The standard InChI is InChI=1S/C19H20N4O2/c1-12-8-17(9-13(2)20-12)15-6-5-7-16(10-15)19(24)23(4)11-18-21-14(3)25-22-18/h5-10H,11H2,1-4H3. The molecule has 1 aromatic carbocycles. The van der Waals surface area contributed by atoms with E-state index in [0.717, 1.165) is 22.5 Å². The molecule has 25 heavy (non-hydrogen) atoms. The molecule has 0 spiro atoms. The van der Waals surface area contributed by atoms with Gasteiger partial charge in [-0.1, -0.05) is 17.3 Å². The van der Waals surface area contributed by atoms with Crippen molar-refractivity contribution in [1.29, 1.82) is 0 Å². The summed E-state index contributed by atoms with van der Waals surface area (Å²) in [6, 6.07) is 11.6. The fraction of sp³-hybridized carbons (Fsp3) is 0.263. The largest absolute Gasteiger partial charge is 0.340 e. The van der Waals surface area contributed by atoms with Crippen LogP contribution in [0.1, 0.15) is 33.5 Å². The first-order valence-electron chi connectivity index (χ1n) is 8.03. The molecule has 0 bridgehead atoms. The number of aryl methyl sites for hydroxylation is 3. The molecule has 0 unspecified atom stereocenters. The third kappa shape index (κ3) is 3.91. The fourth-order valence-corrected chi connectivity index (χ4v) is 2.74. The number of rotatable bonds is 4. The molecule has 6 nitrogen and oxygen atoms in total. The summed E-state index contributed by atoms with van der Waals surface area (Å²) in [5.74, 6) is 0.887. The summed E-state index contributed by atoms with van der Waals surface area (Å²) in [5, 5.41) is 3.83. The number of hydrogen-bond donors (Lipinski definition) is 0. The van der Waals surface area contributed by atoms with Gasteiger partial charge in [0, 0.05) is 30.9 Å². The van der Waals surface area contributed by atoms with Crippen LogP contribution in [0.4, 0.5) is 0 Å². The molecule has 0 saturated carbocycles. The van der Waals surface area contributed by atoms with E-state index < -0.39 is 0 Å². The quantitative estimate of drug-likeness (QED) is 0.731. The van der Waals surface area contributed by atoms with Crippen molar-refractivity contribution in [3.8, 4) is 11.1 Å². The number of hydrogen-bond acceptors (Lipinski definition) is 5. The Hall–Kier alpha value is -3.02. The van der Waals surface area contributed by atoms with Gasteiger partial charge in [-0.3, -0.25) is 9.78 Å². The zero-order valence-electron chi connectivity index (χ0n) is 14.8. The molecule has 6 heteroatoms. The Morgan fingerprint density at radius 3 is 2.40 bits per heavy atom. The van der Waals surface area contributed by atoms with Gasteiger partial charge in [-0.2, -0.15) is 4.98 Å². The highest BCUT2D eigenvalue weighted by Gasteiger charge is 2.15. The summed E-state index contributed by atoms with van der Waals surface area (Å²) in [6.45, 7) is 5.95. The SMILES string of the molecule is Cc1cc(-c2cccc(C(=O)N(C)Cc3noc(C)n3)c2)cc(C)n1. The van der Waals surface area contributed by atoms with Crippen molar-refractivity contribution in [3.63, 3.8) is 0 Å². The van der Waals surface area contributed by atoms with E-state index in [1.807, 2.05) is 50.2 Å². The number of carbonyl (C=O) groups is 1. The first-order valence-corrected chi connectivity index (χ1v) is 8.03. The van der Waals surface area contributed by atoms with E-state index in [2.05, 4.69) is 15.1 Å². The first-order chi connectivity index (χ1) is 11.9. The van der Waals surface area contributed by atoms with Crippen molar-refractivity contribution in [2.45, 2.75) is 27.3 Å². The van der Waals surface area contributed by atoms with Crippen molar-refractivity contribution in [2.75, 3.05) is 7.05 Å². The second-order valence-corrected chi connectivity index (χ2v) is 6.11.